The number of carbonyl (C=O) groups excluding carboxylic acids is 1. The third kappa shape index (κ3) is 2.92. The summed E-state index contributed by atoms with van der Waals surface area (Å²) < 4.78 is 11.5. The van der Waals surface area contributed by atoms with Crippen molar-refractivity contribution in [3.8, 4) is 5.75 Å². The van der Waals surface area contributed by atoms with Crippen molar-refractivity contribution in [2.45, 2.75) is 32.4 Å². The Balaban J connectivity index is 1.57. The van der Waals surface area contributed by atoms with Gasteiger partial charge < -0.3 is 19.3 Å². The molecule has 0 saturated carbocycles. The summed E-state index contributed by atoms with van der Waals surface area (Å²) in [6.07, 6.45) is 4.71. The predicted molar refractivity (Wildman–Crippen MR) is 91.8 cm³/mol. The molecule has 1 unspecified atom stereocenters. The summed E-state index contributed by atoms with van der Waals surface area (Å²) in [5.41, 5.74) is 0.268. The third-order valence-electron chi connectivity index (χ3n) is 4.33. The van der Waals surface area contributed by atoms with Gasteiger partial charge in [0.25, 0.3) is 0 Å². The van der Waals surface area contributed by atoms with Crippen LogP contribution in [0.15, 0.2) is 18.7 Å². The summed E-state index contributed by atoms with van der Waals surface area (Å²) in [5.74, 6) is 1.52. The highest BCUT2D eigenvalue weighted by atomic mass is 16.6. The van der Waals surface area contributed by atoms with Gasteiger partial charge in [-0.15, -0.1) is 0 Å². The van der Waals surface area contributed by atoms with Gasteiger partial charge in [0.15, 0.2) is 11.6 Å². The highest BCUT2D eigenvalue weighted by Gasteiger charge is 2.37. The normalized spacial score (nSPS) is 19.9. The van der Waals surface area contributed by atoms with E-state index in [4.69, 9.17) is 9.47 Å². The van der Waals surface area contributed by atoms with Gasteiger partial charge >= 0.3 is 6.09 Å². The van der Waals surface area contributed by atoms with Crippen molar-refractivity contribution < 1.29 is 14.3 Å². The predicted octanol–water partition coefficient (Wildman–Crippen LogP) is 1.84. The quantitative estimate of drug-likeness (QED) is 0.722. The first kappa shape index (κ1) is 15.9. The van der Waals surface area contributed by atoms with Crippen LogP contribution in [0, 0.1) is 0 Å². The molecule has 4 heterocycles. The Morgan fingerprint density at radius 2 is 2.12 bits per heavy atom. The van der Waals surface area contributed by atoms with E-state index in [-0.39, 0.29) is 12.1 Å². The van der Waals surface area contributed by atoms with E-state index in [1.54, 1.807) is 17.3 Å². The number of hydrogen-bond acceptors (Lipinski definition) is 7. The maximum absolute atomic E-state index is 12.3. The maximum atomic E-state index is 12.3. The Hall–Kier alpha value is -2.64. The molecule has 1 atom stereocenters. The molecule has 0 aromatic carbocycles. The fraction of sp³-hybridized carbons (Fsp3) is 0.529. The minimum atomic E-state index is -0.496. The van der Waals surface area contributed by atoms with E-state index in [1.165, 1.54) is 6.33 Å². The molecule has 1 saturated heterocycles. The lowest BCUT2D eigenvalue weighted by atomic mass is 10.1. The van der Waals surface area contributed by atoms with Gasteiger partial charge in [-0.2, -0.15) is 0 Å². The van der Waals surface area contributed by atoms with Crippen molar-refractivity contribution in [3.63, 3.8) is 0 Å². The summed E-state index contributed by atoms with van der Waals surface area (Å²) in [5, 5.41) is 0.862. The first-order chi connectivity index (χ1) is 11.9. The molecule has 0 spiro atoms. The number of nitrogens with zero attached hydrogens (tertiary/aromatic N) is 5. The third-order valence-corrected chi connectivity index (χ3v) is 4.33. The highest BCUT2D eigenvalue weighted by molar-refractivity contribution is 5.88. The molecule has 4 rings (SSSR count). The second-order valence-corrected chi connectivity index (χ2v) is 7.32. The molecule has 1 amide bonds. The number of carbonyl (C=O) groups is 1. The molecule has 0 radical (unpaired) electrons. The molecule has 1 fully saturated rings. The lowest BCUT2D eigenvalue weighted by molar-refractivity contribution is 0.0194. The molecule has 0 bridgehead atoms. The molecule has 8 nitrogen and oxygen atoms in total. The van der Waals surface area contributed by atoms with E-state index >= 15 is 0 Å². The summed E-state index contributed by atoms with van der Waals surface area (Å²) >= 11 is 0. The number of aromatic nitrogens is 3. The van der Waals surface area contributed by atoms with Gasteiger partial charge in [-0.05, 0) is 20.8 Å². The Morgan fingerprint density at radius 3 is 2.92 bits per heavy atom. The zero-order chi connectivity index (χ0) is 17.6. The maximum Gasteiger partial charge on any atom is 0.410 e. The van der Waals surface area contributed by atoms with Crippen LogP contribution in [0.1, 0.15) is 20.8 Å². The molecule has 0 N–H and O–H groups in total. The van der Waals surface area contributed by atoms with Crippen molar-refractivity contribution in [2.24, 2.45) is 0 Å². The first-order valence-corrected chi connectivity index (χ1v) is 8.38. The molecular weight excluding hydrogens is 322 g/mol. The SMILES string of the molecule is CC(C)(C)OC(=O)N1CCN2c3ncc4ncncc4c3OCC2C1. The van der Waals surface area contributed by atoms with E-state index in [2.05, 4.69) is 19.9 Å². The molecule has 2 aliphatic rings. The van der Waals surface area contributed by atoms with Gasteiger partial charge in [0, 0.05) is 25.8 Å². The Kier molecular flexibility index (Phi) is 3.63. The van der Waals surface area contributed by atoms with Crippen molar-refractivity contribution in [2.75, 3.05) is 31.1 Å². The zero-order valence-electron chi connectivity index (χ0n) is 14.6. The van der Waals surface area contributed by atoms with Crippen LogP contribution in [-0.2, 0) is 4.74 Å². The monoisotopic (exact) mass is 343 g/mol. The van der Waals surface area contributed by atoms with Gasteiger partial charge in [0.1, 0.15) is 18.5 Å². The van der Waals surface area contributed by atoms with Crippen LogP contribution in [-0.4, -0.2) is 63.8 Å². The number of pyridine rings is 1. The van der Waals surface area contributed by atoms with Crippen molar-refractivity contribution >= 4 is 22.8 Å². The highest BCUT2D eigenvalue weighted by Crippen LogP contribution is 2.38. The Morgan fingerprint density at radius 1 is 1.28 bits per heavy atom. The number of amides is 1. The van der Waals surface area contributed by atoms with Crippen LogP contribution in [0.4, 0.5) is 10.6 Å². The number of rotatable bonds is 0. The second-order valence-electron chi connectivity index (χ2n) is 7.32. The van der Waals surface area contributed by atoms with Crippen LogP contribution >= 0.6 is 0 Å². The van der Waals surface area contributed by atoms with Crippen LogP contribution in [0.3, 0.4) is 0 Å². The van der Waals surface area contributed by atoms with E-state index in [0.29, 0.717) is 26.2 Å². The zero-order valence-corrected chi connectivity index (χ0v) is 14.6. The fourth-order valence-corrected chi connectivity index (χ4v) is 3.21. The lowest BCUT2D eigenvalue weighted by Crippen LogP contribution is -2.59. The van der Waals surface area contributed by atoms with Gasteiger partial charge in [0.05, 0.1) is 23.1 Å². The smallest absolute Gasteiger partial charge is 0.410 e. The lowest BCUT2D eigenvalue weighted by Gasteiger charge is -2.44. The second kappa shape index (κ2) is 5.72. The van der Waals surface area contributed by atoms with Gasteiger partial charge in [-0.1, -0.05) is 0 Å². The fourth-order valence-electron chi connectivity index (χ4n) is 3.21. The summed E-state index contributed by atoms with van der Waals surface area (Å²) in [6.45, 7) is 7.94. The molecule has 2 aliphatic heterocycles. The minimum Gasteiger partial charge on any atom is -0.487 e. The Bertz CT molecular complexity index is 820. The van der Waals surface area contributed by atoms with Crippen LogP contribution < -0.4 is 9.64 Å². The van der Waals surface area contributed by atoms with Crippen LogP contribution in [0.5, 0.6) is 5.75 Å². The van der Waals surface area contributed by atoms with E-state index in [9.17, 15) is 4.79 Å². The number of fused-ring (bicyclic) bond motifs is 5. The van der Waals surface area contributed by atoms with Crippen molar-refractivity contribution in [1.82, 2.24) is 19.9 Å². The Labute approximate surface area is 145 Å². The van der Waals surface area contributed by atoms with Crippen molar-refractivity contribution in [3.05, 3.63) is 18.7 Å². The first-order valence-electron chi connectivity index (χ1n) is 8.38. The summed E-state index contributed by atoms with van der Waals surface area (Å²) in [6, 6.07) is 0.0587. The van der Waals surface area contributed by atoms with Gasteiger partial charge in [-0.25, -0.2) is 19.7 Å². The number of hydrogen-bond donors (Lipinski definition) is 0. The van der Waals surface area contributed by atoms with E-state index in [0.717, 1.165) is 22.5 Å². The molecule has 2 aromatic rings. The average molecular weight is 343 g/mol. The van der Waals surface area contributed by atoms with E-state index in [1.807, 2.05) is 20.8 Å². The topological polar surface area (TPSA) is 80.7 Å². The summed E-state index contributed by atoms with van der Waals surface area (Å²) in [7, 11) is 0. The van der Waals surface area contributed by atoms with Gasteiger partial charge in [0.2, 0.25) is 0 Å². The molecule has 8 heteroatoms. The molecule has 25 heavy (non-hydrogen) atoms. The molecular formula is C17H21N5O3. The molecule has 0 aliphatic carbocycles. The average Bonchev–Trinajstić information content (AvgIpc) is 2.59. The van der Waals surface area contributed by atoms with Crippen LogP contribution in [0.25, 0.3) is 10.9 Å². The number of ether oxygens (including phenoxy) is 2. The van der Waals surface area contributed by atoms with E-state index < -0.39 is 5.60 Å². The minimum absolute atomic E-state index is 0.0587. The summed E-state index contributed by atoms with van der Waals surface area (Å²) in [4.78, 5) is 29.1. The number of piperazine rings is 1. The van der Waals surface area contributed by atoms with Crippen molar-refractivity contribution in [1.29, 1.82) is 0 Å². The van der Waals surface area contributed by atoms with Gasteiger partial charge in [-0.3, -0.25) is 0 Å². The standard InChI is InChI=1S/C17H21N5O3/c1-17(2,3)25-16(23)21-4-5-22-11(8-21)9-24-14-12-6-18-10-20-13(12)7-19-15(14)22/h6-7,10-11H,4-5,8-9H2,1-3H3. The number of anilines is 1. The van der Waals surface area contributed by atoms with Crippen LogP contribution in [0.2, 0.25) is 0 Å². The molecule has 132 valence electrons. The largest absolute Gasteiger partial charge is 0.487 e. The molecule has 2 aromatic heterocycles.